The maximum atomic E-state index is 12.8. The highest BCUT2D eigenvalue weighted by Gasteiger charge is 2.17. The fourth-order valence-electron chi connectivity index (χ4n) is 7.04. The molecule has 0 amide bonds. The van der Waals surface area contributed by atoms with E-state index < -0.39 is 6.10 Å². The molecule has 0 aliphatic rings. The SMILES string of the molecule is CC/C=C\C/C=C\C/C=C\C/C=C\C/C=C\CC(=O)OC(COCCCCCCCC/C=C\C/C=C\C/C=C\CC)COC(=O)CCCCCCCCCCC/C=C\C/C=C\CCCCC. The molecule has 0 spiro atoms. The van der Waals surface area contributed by atoms with E-state index in [-0.39, 0.29) is 31.6 Å². The summed E-state index contributed by atoms with van der Waals surface area (Å²) in [6, 6.07) is 0. The maximum absolute atomic E-state index is 12.8. The number of hydrogen-bond donors (Lipinski definition) is 0. The predicted octanol–water partition coefficient (Wildman–Crippen LogP) is 18.6. The topological polar surface area (TPSA) is 61.8 Å². The molecule has 1 unspecified atom stereocenters. The molecule has 0 bridgehead atoms. The Bertz CT molecular complexity index is 1350. The number of carbonyl (C=O) groups excluding carboxylic acids is 2. The molecular formula is C61H100O5. The van der Waals surface area contributed by atoms with Crippen LogP contribution in [0.15, 0.2) is 122 Å². The summed E-state index contributed by atoms with van der Waals surface area (Å²) in [6.45, 7) is 7.43. The number of unbranched alkanes of at least 4 members (excludes halogenated alkanes) is 18. The van der Waals surface area contributed by atoms with Gasteiger partial charge in [0.05, 0.1) is 13.0 Å². The minimum absolute atomic E-state index is 0.0310. The lowest BCUT2D eigenvalue weighted by atomic mass is 10.1. The lowest BCUT2D eigenvalue weighted by Gasteiger charge is -2.18. The monoisotopic (exact) mass is 913 g/mol. The van der Waals surface area contributed by atoms with Gasteiger partial charge in [-0.25, -0.2) is 0 Å². The van der Waals surface area contributed by atoms with Crippen molar-refractivity contribution in [2.75, 3.05) is 19.8 Å². The quantitative estimate of drug-likeness (QED) is 0.0346. The van der Waals surface area contributed by atoms with E-state index in [1.165, 1.54) is 96.3 Å². The molecular weight excluding hydrogens is 813 g/mol. The standard InChI is InChI=1S/C61H100O5/c1-4-7-10-13-16-19-22-25-28-30-31-32-34-36-39-42-45-48-51-54-60(62)65-58-59(57-64-56-53-50-47-44-41-38-35-29-26-23-20-17-14-11-8-5-2)66-61(63)55-52-49-46-43-40-37-33-27-24-21-18-15-12-9-6-3/h8-9,11-12,16-21,25-29,33,40,43,49,52,59H,4-7,10,13-15,22-24,30-32,34-39,41-42,44-48,50-51,53-58H2,1-3H3/b11-8-,12-9-,19-16-,20-17-,21-18-,28-25-,29-26-,33-27-,43-40-,52-49-. The fraction of sp³-hybridized carbons (Fsp3) is 0.639. The van der Waals surface area contributed by atoms with Crippen LogP contribution in [0.5, 0.6) is 0 Å². The zero-order valence-corrected chi connectivity index (χ0v) is 42.9. The molecule has 66 heavy (non-hydrogen) atoms. The van der Waals surface area contributed by atoms with Gasteiger partial charge in [0, 0.05) is 13.0 Å². The van der Waals surface area contributed by atoms with Crippen LogP contribution in [0.4, 0.5) is 0 Å². The van der Waals surface area contributed by atoms with Gasteiger partial charge in [0.25, 0.3) is 0 Å². The normalized spacial score (nSPS) is 13.2. The van der Waals surface area contributed by atoms with Gasteiger partial charge < -0.3 is 14.2 Å². The summed E-state index contributed by atoms with van der Waals surface area (Å²) in [5.41, 5.74) is 0. The lowest BCUT2D eigenvalue weighted by molar-refractivity contribution is -0.162. The van der Waals surface area contributed by atoms with Crippen LogP contribution in [0.25, 0.3) is 0 Å². The van der Waals surface area contributed by atoms with Crippen molar-refractivity contribution in [1.82, 2.24) is 0 Å². The fourth-order valence-corrected chi connectivity index (χ4v) is 7.04. The van der Waals surface area contributed by atoms with Gasteiger partial charge in [-0.1, -0.05) is 226 Å². The third-order valence-corrected chi connectivity index (χ3v) is 11.0. The summed E-state index contributed by atoms with van der Waals surface area (Å²) in [6.07, 6.45) is 78.1. The number of carbonyl (C=O) groups is 2. The predicted molar refractivity (Wildman–Crippen MR) is 288 cm³/mol. The summed E-state index contributed by atoms with van der Waals surface area (Å²) in [5, 5.41) is 0. The maximum Gasteiger partial charge on any atom is 0.310 e. The highest BCUT2D eigenvalue weighted by atomic mass is 16.6. The first kappa shape index (κ1) is 62.3. The van der Waals surface area contributed by atoms with Crippen molar-refractivity contribution >= 4 is 11.9 Å². The summed E-state index contributed by atoms with van der Waals surface area (Å²) < 4.78 is 17.3. The minimum Gasteiger partial charge on any atom is -0.462 e. The zero-order chi connectivity index (χ0) is 47.7. The van der Waals surface area contributed by atoms with Crippen molar-refractivity contribution in [3.63, 3.8) is 0 Å². The van der Waals surface area contributed by atoms with Gasteiger partial charge in [-0.3, -0.25) is 9.59 Å². The van der Waals surface area contributed by atoms with E-state index >= 15 is 0 Å². The van der Waals surface area contributed by atoms with Crippen molar-refractivity contribution in [1.29, 1.82) is 0 Å². The smallest absolute Gasteiger partial charge is 0.310 e. The molecule has 0 radical (unpaired) electrons. The van der Waals surface area contributed by atoms with Crippen molar-refractivity contribution in [3.8, 4) is 0 Å². The zero-order valence-electron chi connectivity index (χ0n) is 42.9. The molecule has 5 heteroatoms. The molecule has 0 saturated heterocycles. The number of rotatable bonds is 48. The number of esters is 2. The Morgan fingerprint density at radius 3 is 1.17 bits per heavy atom. The molecule has 5 nitrogen and oxygen atoms in total. The Labute approximate surface area is 407 Å². The number of hydrogen-bond acceptors (Lipinski definition) is 5. The van der Waals surface area contributed by atoms with Crippen molar-refractivity contribution in [2.24, 2.45) is 0 Å². The van der Waals surface area contributed by atoms with E-state index in [0.29, 0.717) is 13.0 Å². The summed E-state index contributed by atoms with van der Waals surface area (Å²) in [7, 11) is 0. The van der Waals surface area contributed by atoms with Crippen LogP contribution in [0.2, 0.25) is 0 Å². The molecule has 0 fully saturated rings. The number of allylic oxidation sites excluding steroid dienone is 19. The molecule has 0 aromatic carbocycles. The first-order chi connectivity index (χ1) is 32.6. The molecule has 0 rings (SSSR count). The first-order valence-corrected chi connectivity index (χ1v) is 27.1. The Hall–Kier alpha value is -3.70. The van der Waals surface area contributed by atoms with Crippen molar-refractivity contribution < 1.29 is 23.8 Å². The summed E-state index contributed by atoms with van der Waals surface area (Å²) in [5.74, 6) is -0.561. The van der Waals surface area contributed by atoms with Gasteiger partial charge in [-0.2, -0.15) is 0 Å². The molecule has 0 aromatic rings. The molecule has 1 atom stereocenters. The van der Waals surface area contributed by atoms with Gasteiger partial charge in [0.15, 0.2) is 6.10 Å². The van der Waals surface area contributed by atoms with Gasteiger partial charge in [0.1, 0.15) is 6.61 Å². The molecule has 0 aromatic heterocycles. The van der Waals surface area contributed by atoms with E-state index in [4.69, 9.17) is 14.2 Å². The van der Waals surface area contributed by atoms with Gasteiger partial charge in [-0.05, 0) is 109 Å². The van der Waals surface area contributed by atoms with Crippen molar-refractivity contribution in [3.05, 3.63) is 122 Å². The highest BCUT2D eigenvalue weighted by Crippen LogP contribution is 2.13. The van der Waals surface area contributed by atoms with Crippen LogP contribution < -0.4 is 0 Å². The Kier molecular flexibility index (Phi) is 52.5. The van der Waals surface area contributed by atoms with Crippen molar-refractivity contribution in [2.45, 2.75) is 232 Å². The lowest BCUT2D eigenvalue weighted by Crippen LogP contribution is -2.29. The Morgan fingerprint density at radius 2 is 0.727 bits per heavy atom. The molecule has 0 heterocycles. The second kappa shape index (κ2) is 55.6. The number of ether oxygens (including phenoxy) is 3. The van der Waals surface area contributed by atoms with E-state index in [0.717, 1.165) is 96.3 Å². The third-order valence-electron chi connectivity index (χ3n) is 11.0. The average Bonchev–Trinajstić information content (AvgIpc) is 3.32. The van der Waals surface area contributed by atoms with Gasteiger partial charge in [-0.15, -0.1) is 0 Å². The molecule has 0 N–H and O–H groups in total. The second-order valence-corrected chi connectivity index (χ2v) is 17.4. The van der Waals surface area contributed by atoms with Crippen LogP contribution in [-0.4, -0.2) is 37.9 Å². The van der Waals surface area contributed by atoms with Crippen LogP contribution >= 0.6 is 0 Å². The van der Waals surface area contributed by atoms with Crippen LogP contribution in [0, 0.1) is 0 Å². The summed E-state index contributed by atoms with van der Waals surface area (Å²) >= 11 is 0. The minimum atomic E-state index is -0.607. The Balaban J connectivity index is 4.41. The van der Waals surface area contributed by atoms with E-state index in [2.05, 4.69) is 130 Å². The van der Waals surface area contributed by atoms with Crippen LogP contribution in [-0.2, 0) is 23.8 Å². The molecule has 0 saturated carbocycles. The van der Waals surface area contributed by atoms with E-state index in [9.17, 15) is 9.59 Å². The average molecular weight is 913 g/mol. The van der Waals surface area contributed by atoms with Gasteiger partial charge in [0.2, 0.25) is 0 Å². The van der Waals surface area contributed by atoms with Crippen LogP contribution in [0.1, 0.15) is 226 Å². The van der Waals surface area contributed by atoms with E-state index in [1.807, 2.05) is 12.2 Å². The summed E-state index contributed by atoms with van der Waals surface area (Å²) in [4.78, 5) is 25.4. The molecule has 0 aliphatic carbocycles. The second-order valence-electron chi connectivity index (χ2n) is 17.4. The van der Waals surface area contributed by atoms with Crippen LogP contribution in [0.3, 0.4) is 0 Å². The molecule has 0 aliphatic heterocycles. The Morgan fingerprint density at radius 1 is 0.364 bits per heavy atom. The van der Waals surface area contributed by atoms with E-state index in [1.54, 1.807) is 0 Å². The largest absolute Gasteiger partial charge is 0.462 e. The highest BCUT2D eigenvalue weighted by molar-refractivity contribution is 5.71. The third kappa shape index (κ3) is 52.9. The first-order valence-electron chi connectivity index (χ1n) is 27.1. The van der Waals surface area contributed by atoms with Gasteiger partial charge >= 0.3 is 11.9 Å². The molecule has 374 valence electrons.